The van der Waals surface area contributed by atoms with Gasteiger partial charge in [0.2, 0.25) is 0 Å². The lowest BCUT2D eigenvalue weighted by Gasteiger charge is -2.24. The Bertz CT molecular complexity index is 585. The molecule has 2 saturated heterocycles. The third-order valence-corrected chi connectivity index (χ3v) is 5.09. The number of benzene rings is 2. The van der Waals surface area contributed by atoms with Gasteiger partial charge in [-0.05, 0) is 30.2 Å². The Morgan fingerprint density at radius 3 is 1.58 bits per heavy atom. The van der Waals surface area contributed by atoms with Crippen LogP contribution >= 0.6 is 11.6 Å². The number of aryl methyl sites for hydroxylation is 1. The van der Waals surface area contributed by atoms with Gasteiger partial charge in [0.1, 0.15) is 0 Å². The number of nitrogens with one attached hydrogen (secondary N) is 4. The summed E-state index contributed by atoms with van der Waals surface area (Å²) in [6.45, 7) is 8.42. The van der Waals surface area contributed by atoms with Gasteiger partial charge < -0.3 is 21.3 Å². The van der Waals surface area contributed by atoms with Crippen molar-refractivity contribution in [1.29, 1.82) is 0 Å². The second kappa shape index (κ2) is 10.0. The van der Waals surface area contributed by atoms with Crippen molar-refractivity contribution in [2.45, 2.75) is 19.0 Å². The van der Waals surface area contributed by atoms with Gasteiger partial charge in [0.05, 0.1) is 0 Å². The highest BCUT2D eigenvalue weighted by molar-refractivity contribution is 6.30. The molecule has 5 heteroatoms. The lowest BCUT2D eigenvalue weighted by molar-refractivity contribution is 0.430. The minimum atomic E-state index is 0.436. The number of hydrogen-bond acceptors (Lipinski definition) is 4. The summed E-state index contributed by atoms with van der Waals surface area (Å²) >= 11 is 5.81. The molecule has 26 heavy (non-hydrogen) atoms. The van der Waals surface area contributed by atoms with Gasteiger partial charge in [0.25, 0.3) is 0 Å². The summed E-state index contributed by atoms with van der Waals surface area (Å²) < 4.78 is 0. The highest BCUT2D eigenvalue weighted by Gasteiger charge is 2.14. The molecule has 2 aliphatic rings. The monoisotopic (exact) mass is 372 g/mol. The quantitative estimate of drug-likeness (QED) is 0.654. The molecule has 2 aromatic rings. The molecule has 0 bridgehead atoms. The van der Waals surface area contributed by atoms with Gasteiger partial charge in [0.15, 0.2) is 0 Å². The summed E-state index contributed by atoms with van der Waals surface area (Å²) in [6.07, 6.45) is 0. The summed E-state index contributed by atoms with van der Waals surface area (Å²) in [5.74, 6) is 0. The maximum Gasteiger partial charge on any atom is 0.0447 e. The average Bonchev–Trinajstić information content (AvgIpc) is 2.71. The fourth-order valence-electron chi connectivity index (χ4n) is 3.27. The average molecular weight is 373 g/mol. The van der Waals surface area contributed by atoms with Crippen LogP contribution in [0.4, 0.5) is 0 Å². The summed E-state index contributed by atoms with van der Waals surface area (Å²) in [4.78, 5) is 0. The third kappa shape index (κ3) is 5.79. The van der Waals surface area contributed by atoms with Crippen molar-refractivity contribution in [1.82, 2.24) is 21.3 Å². The molecule has 2 atom stereocenters. The van der Waals surface area contributed by atoms with Crippen LogP contribution in [0, 0.1) is 6.92 Å². The van der Waals surface area contributed by atoms with E-state index in [0.29, 0.717) is 12.1 Å². The fourth-order valence-corrected chi connectivity index (χ4v) is 3.40. The van der Waals surface area contributed by atoms with E-state index in [1.807, 2.05) is 12.1 Å². The van der Waals surface area contributed by atoms with E-state index in [1.165, 1.54) is 16.7 Å². The van der Waals surface area contributed by atoms with Crippen LogP contribution in [-0.4, -0.2) is 39.3 Å². The van der Waals surface area contributed by atoms with E-state index >= 15 is 0 Å². The van der Waals surface area contributed by atoms with Gasteiger partial charge in [-0.1, -0.05) is 53.6 Å². The summed E-state index contributed by atoms with van der Waals surface area (Å²) in [7, 11) is 0. The molecule has 0 amide bonds. The van der Waals surface area contributed by atoms with Gasteiger partial charge >= 0.3 is 0 Å². The minimum absolute atomic E-state index is 0.436. The van der Waals surface area contributed by atoms with Crippen LogP contribution in [0.3, 0.4) is 0 Å². The van der Waals surface area contributed by atoms with Crippen LogP contribution in [0.25, 0.3) is 0 Å². The van der Waals surface area contributed by atoms with Crippen molar-refractivity contribution in [2.24, 2.45) is 0 Å². The smallest absolute Gasteiger partial charge is 0.0447 e. The lowest BCUT2D eigenvalue weighted by Crippen LogP contribution is -2.42. The van der Waals surface area contributed by atoms with Crippen LogP contribution in [0.15, 0.2) is 48.5 Å². The van der Waals surface area contributed by atoms with Gasteiger partial charge in [-0.25, -0.2) is 0 Å². The van der Waals surface area contributed by atoms with Gasteiger partial charge in [-0.3, -0.25) is 0 Å². The molecule has 0 saturated carbocycles. The summed E-state index contributed by atoms with van der Waals surface area (Å²) in [5, 5.41) is 14.5. The largest absolute Gasteiger partial charge is 0.314 e. The minimum Gasteiger partial charge on any atom is -0.314 e. The molecule has 2 aromatic carbocycles. The van der Waals surface area contributed by atoms with Crippen LogP contribution < -0.4 is 21.3 Å². The molecule has 0 radical (unpaired) electrons. The molecular weight excluding hydrogens is 344 g/mol. The first-order valence-corrected chi connectivity index (χ1v) is 9.80. The van der Waals surface area contributed by atoms with E-state index in [0.717, 1.165) is 44.3 Å². The zero-order valence-corrected chi connectivity index (χ0v) is 16.2. The molecule has 0 aromatic heterocycles. The maximum absolute atomic E-state index is 5.81. The van der Waals surface area contributed by atoms with Crippen LogP contribution in [-0.2, 0) is 0 Å². The SMILES string of the molecule is Cc1ccc(C2CNCCN2)cc1.Clc1ccc(C2CNCCN2)cc1. The number of hydrogen-bond donors (Lipinski definition) is 4. The molecule has 2 fully saturated rings. The number of halogens is 1. The first kappa shape index (κ1) is 19.3. The molecule has 2 aliphatic heterocycles. The van der Waals surface area contributed by atoms with E-state index in [-0.39, 0.29) is 0 Å². The molecule has 0 aliphatic carbocycles. The van der Waals surface area contributed by atoms with Gasteiger partial charge in [-0.15, -0.1) is 0 Å². The maximum atomic E-state index is 5.81. The van der Waals surface area contributed by atoms with Crippen LogP contribution in [0.1, 0.15) is 28.8 Å². The van der Waals surface area contributed by atoms with Crippen molar-refractivity contribution < 1.29 is 0 Å². The van der Waals surface area contributed by atoms with E-state index < -0.39 is 0 Å². The highest BCUT2D eigenvalue weighted by Crippen LogP contribution is 2.17. The van der Waals surface area contributed by atoms with E-state index in [1.54, 1.807) is 0 Å². The zero-order chi connectivity index (χ0) is 18.2. The van der Waals surface area contributed by atoms with E-state index in [9.17, 15) is 0 Å². The van der Waals surface area contributed by atoms with E-state index in [2.05, 4.69) is 64.6 Å². The fraction of sp³-hybridized carbons (Fsp3) is 0.429. The second-order valence-corrected chi connectivity index (χ2v) is 7.32. The predicted molar refractivity (Wildman–Crippen MR) is 110 cm³/mol. The Morgan fingerprint density at radius 2 is 1.15 bits per heavy atom. The Kier molecular flexibility index (Phi) is 7.47. The molecule has 140 valence electrons. The second-order valence-electron chi connectivity index (χ2n) is 6.88. The third-order valence-electron chi connectivity index (χ3n) is 4.83. The standard InChI is InChI=1S/C11H16N2.C10H13ClN2/c1-9-2-4-10(5-3-9)11-8-12-6-7-13-11;11-9-3-1-8(2-4-9)10-7-12-5-6-13-10/h2-5,11-13H,6-8H2,1H3;1-4,10,12-13H,5-7H2. The Labute approximate surface area is 161 Å². The molecular formula is C21H29ClN4. The molecule has 4 N–H and O–H groups in total. The van der Waals surface area contributed by atoms with Gasteiger partial charge in [0, 0.05) is 56.4 Å². The van der Waals surface area contributed by atoms with Crippen LogP contribution in [0.2, 0.25) is 5.02 Å². The Hall–Kier alpha value is -1.43. The lowest BCUT2D eigenvalue weighted by atomic mass is 10.0. The number of rotatable bonds is 2. The van der Waals surface area contributed by atoms with Crippen molar-refractivity contribution >= 4 is 11.6 Å². The molecule has 4 rings (SSSR count). The summed E-state index contributed by atoms with van der Waals surface area (Å²) in [5.41, 5.74) is 4.02. The molecule has 4 nitrogen and oxygen atoms in total. The Morgan fingerprint density at radius 1 is 0.692 bits per heavy atom. The molecule has 2 heterocycles. The highest BCUT2D eigenvalue weighted by atomic mass is 35.5. The first-order chi connectivity index (χ1) is 12.7. The first-order valence-electron chi connectivity index (χ1n) is 9.42. The summed E-state index contributed by atoms with van der Waals surface area (Å²) in [6, 6.07) is 17.7. The van der Waals surface area contributed by atoms with Crippen molar-refractivity contribution in [2.75, 3.05) is 39.3 Å². The normalized spacial score (nSPS) is 23.0. The van der Waals surface area contributed by atoms with Crippen molar-refractivity contribution in [3.05, 3.63) is 70.2 Å². The molecule has 0 spiro atoms. The topological polar surface area (TPSA) is 48.1 Å². The van der Waals surface area contributed by atoms with Crippen molar-refractivity contribution in [3.63, 3.8) is 0 Å². The van der Waals surface area contributed by atoms with Crippen LogP contribution in [0.5, 0.6) is 0 Å². The van der Waals surface area contributed by atoms with Crippen molar-refractivity contribution in [3.8, 4) is 0 Å². The molecule has 2 unspecified atom stereocenters. The number of piperazine rings is 2. The Balaban J connectivity index is 0.000000151. The predicted octanol–water partition coefficient (Wildman–Crippen LogP) is 2.80. The van der Waals surface area contributed by atoms with Gasteiger partial charge in [-0.2, -0.15) is 0 Å². The van der Waals surface area contributed by atoms with E-state index in [4.69, 9.17) is 11.6 Å². The zero-order valence-electron chi connectivity index (χ0n) is 15.4.